The van der Waals surface area contributed by atoms with Gasteiger partial charge in [0.05, 0.1) is 25.4 Å². The lowest BCUT2D eigenvalue weighted by Gasteiger charge is -2.36. The van der Waals surface area contributed by atoms with E-state index in [1.54, 1.807) is 0 Å². The smallest absolute Gasteiger partial charge is 0.191 e. The van der Waals surface area contributed by atoms with E-state index >= 15 is 0 Å². The Morgan fingerprint density at radius 3 is 2.46 bits per heavy atom. The van der Waals surface area contributed by atoms with Crippen LogP contribution in [0.2, 0.25) is 0 Å². The minimum absolute atomic E-state index is 0.487. The lowest BCUT2D eigenvalue weighted by Crippen LogP contribution is -2.51. The van der Waals surface area contributed by atoms with E-state index < -0.39 is 5.60 Å². The Morgan fingerprint density at radius 1 is 1.15 bits per heavy atom. The SMILES string of the molecule is CCNC(=NCC1(O)CCCCC1)NCC(CC(C)C)N1CCOCC1. The van der Waals surface area contributed by atoms with Crippen LogP contribution in [-0.2, 0) is 4.74 Å². The summed E-state index contributed by atoms with van der Waals surface area (Å²) < 4.78 is 5.51. The summed E-state index contributed by atoms with van der Waals surface area (Å²) >= 11 is 0. The number of aliphatic hydroxyl groups is 1. The van der Waals surface area contributed by atoms with Gasteiger partial charge in [-0.15, -0.1) is 0 Å². The summed E-state index contributed by atoms with van der Waals surface area (Å²) in [6.45, 7) is 12.5. The summed E-state index contributed by atoms with van der Waals surface area (Å²) in [6, 6.07) is 0.487. The van der Waals surface area contributed by atoms with Gasteiger partial charge in [0.25, 0.3) is 0 Å². The molecule has 152 valence electrons. The zero-order chi connectivity index (χ0) is 18.8. The van der Waals surface area contributed by atoms with Gasteiger partial charge in [-0.05, 0) is 32.1 Å². The number of nitrogens with one attached hydrogen (secondary N) is 2. The van der Waals surface area contributed by atoms with Crippen LogP contribution in [0.1, 0.15) is 59.3 Å². The average Bonchev–Trinajstić information content (AvgIpc) is 2.64. The molecule has 0 aromatic rings. The molecule has 0 aromatic heterocycles. The summed E-state index contributed by atoms with van der Waals surface area (Å²) in [5.74, 6) is 1.49. The van der Waals surface area contributed by atoms with E-state index in [1.807, 2.05) is 0 Å². The molecule has 1 unspecified atom stereocenters. The van der Waals surface area contributed by atoms with Crippen LogP contribution in [0.15, 0.2) is 4.99 Å². The molecular weight excluding hydrogens is 328 g/mol. The van der Waals surface area contributed by atoms with Gasteiger partial charge in [0.15, 0.2) is 5.96 Å². The lowest BCUT2D eigenvalue weighted by atomic mass is 9.85. The van der Waals surface area contributed by atoms with Crippen LogP contribution in [0.3, 0.4) is 0 Å². The number of hydrogen-bond acceptors (Lipinski definition) is 4. The maximum absolute atomic E-state index is 10.7. The van der Waals surface area contributed by atoms with Crippen molar-refractivity contribution in [1.82, 2.24) is 15.5 Å². The van der Waals surface area contributed by atoms with Crippen molar-refractivity contribution >= 4 is 5.96 Å². The van der Waals surface area contributed by atoms with Crippen LogP contribution in [0.4, 0.5) is 0 Å². The average molecular weight is 369 g/mol. The molecule has 0 amide bonds. The van der Waals surface area contributed by atoms with E-state index in [2.05, 4.69) is 36.3 Å². The van der Waals surface area contributed by atoms with Crippen molar-refractivity contribution < 1.29 is 9.84 Å². The van der Waals surface area contributed by atoms with Gasteiger partial charge in [-0.1, -0.05) is 33.1 Å². The zero-order valence-electron chi connectivity index (χ0n) is 17.1. The summed E-state index contributed by atoms with van der Waals surface area (Å²) in [5, 5.41) is 17.6. The zero-order valence-corrected chi connectivity index (χ0v) is 17.1. The van der Waals surface area contributed by atoms with Crippen LogP contribution in [-0.4, -0.2) is 73.5 Å². The predicted molar refractivity (Wildman–Crippen MR) is 108 cm³/mol. The van der Waals surface area contributed by atoms with Crippen molar-refractivity contribution in [3.63, 3.8) is 0 Å². The molecule has 2 rings (SSSR count). The molecule has 0 aromatic carbocycles. The van der Waals surface area contributed by atoms with Gasteiger partial charge in [0.2, 0.25) is 0 Å². The highest BCUT2D eigenvalue weighted by Crippen LogP contribution is 2.28. The van der Waals surface area contributed by atoms with Crippen LogP contribution in [0, 0.1) is 5.92 Å². The monoisotopic (exact) mass is 368 g/mol. The second-order valence-electron chi connectivity index (χ2n) is 8.29. The predicted octanol–water partition coefficient (Wildman–Crippen LogP) is 1.98. The Balaban J connectivity index is 1.91. The largest absolute Gasteiger partial charge is 0.388 e. The van der Waals surface area contributed by atoms with Crippen molar-refractivity contribution in [2.45, 2.75) is 70.9 Å². The Labute approximate surface area is 159 Å². The Hall–Kier alpha value is -0.850. The first-order chi connectivity index (χ1) is 12.5. The van der Waals surface area contributed by atoms with Gasteiger partial charge in [-0.3, -0.25) is 9.89 Å². The third kappa shape index (κ3) is 7.41. The van der Waals surface area contributed by atoms with Gasteiger partial charge in [0, 0.05) is 32.2 Å². The van der Waals surface area contributed by atoms with Crippen molar-refractivity contribution in [3.8, 4) is 0 Å². The van der Waals surface area contributed by atoms with Gasteiger partial charge in [0.1, 0.15) is 0 Å². The minimum atomic E-state index is -0.609. The van der Waals surface area contributed by atoms with E-state index in [-0.39, 0.29) is 0 Å². The molecule has 1 saturated heterocycles. The number of nitrogens with zero attached hydrogens (tertiary/aromatic N) is 2. The first-order valence-corrected chi connectivity index (χ1v) is 10.6. The quantitative estimate of drug-likeness (QED) is 0.451. The lowest BCUT2D eigenvalue weighted by molar-refractivity contribution is 0.0121. The van der Waals surface area contributed by atoms with Crippen LogP contribution < -0.4 is 10.6 Å². The fourth-order valence-electron chi connectivity index (χ4n) is 4.00. The maximum Gasteiger partial charge on any atom is 0.191 e. The van der Waals surface area contributed by atoms with Gasteiger partial charge in [-0.25, -0.2) is 0 Å². The minimum Gasteiger partial charge on any atom is -0.388 e. The molecule has 0 radical (unpaired) electrons. The number of morpholine rings is 1. The van der Waals surface area contributed by atoms with Crippen molar-refractivity contribution in [3.05, 3.63) is 0 Å². The highest BCUT2D eigenvalue weighted by molar-refractivity contribution is 5.79. The summed E-state index contributed by atoms with van der Waals surface area (Å²) in [5.41, 5.74) is -0.609. The third-order valence-corrected chi connectivity index (χ3v) is 5.47. The molecule has 1 heterocycles. The normalized spacial score (nSPS) is 23.0. The molecule has 1 saturated carbocycles. The van der Waals surface area contributed by atoms with E-state index in [0.29, 0.717) is 18.5 Å². The second-order valence-corrected chi connectivity index (χ2v) is 8.29. The van der Waals surface area contributed by atoms with E-state index in [9.17, 15) is 5.11 Å². The molecule has 6 nitrogen and oxygen atoms in total. The molecule has 1 aliphatic heterocycles. The number of ether oxygens (including phenoxy) is 1. The first kappa shape index (κ1) is 21.5. The maximum atomic E-state index is 10.7. The van der Waals surface area contributed by atoms with E-state index in [0.717, 1.165) is 77.5 Å². The Morgan fingerprint density at radius 2 is 1.85 bits per heavy atom. The van der Waals surface area contributed by atoms with Crippen LogP contribution >= 0.6 is 0 Å². The van der Waals surface area contributed by atoms with Crippen LogP contribution in [0.5, 0.6) is 0 Å². The van der Waals surface area contributed by atoms with E-state index in [1.165, 1.54) is 6.42 Å². The topological polar surface area (TPSA) is 69.1 Å². The molecule has 2 fully saturated rings. The Kier molecular flexibility index (Phi) is 9.16. The molecule has 0 bridgehead atoms. The summed E-state index contributed by atoms with van der Waals surface area (Å²) in [7, 11) is 0. The van der Waals surface area contributed by atoms with Gasteiger partial charge >= 0.3 is 0 Å². The van der Waals surface area contributed by atoms with Gasteiger partial charge in [-0.2, -0.15) is 0 Å². The fourth-order valence-corrected chi connectivity index (χ4v) is 4.00. The second kappa shape index (κ2) is 11.1. The molecule has 0 spiro atoms. The Bertz CT molecular complexity index is 416. The van der Waals surface area contributed by atoms with E-state index in [4.69, 9.17) is 9.73 Å². The summed E-state index contributed by atoms with van der Waals surface area (Å²) in [6.07, 6.45) is 6.38. The number of hydrogen-bond donors (Lipinski definition) is 3. The molecule has 2 aliphatic rings. The molecule has 3 N–H and O–H groups in total. The summed E-state index contributed by atoms with van der Waals surface area (Å²) in [4.78, 5) is 7.24. The van der Waals surface area contributed by atoms with Gasteiger partial charge < -0.3 is 20.5 Å². The highest BCUT2D eigenvalue weighted by Gasteiger charge is 2.29. The van der Waals surface area contributed by atoms with Crippen molar-refractivity contribution in [2.24, 2.45) is 10.9 Å². The molecule has 1 atom stereocenters. The number of rotatable bonds is 8. The fraction of sp³-hybridized carbons (Fsp3) is 0.950. The third-order valence-electron chi connectivity index (χ3n) is 5.47. The van der Waals surface area contributed by atoms with Crippen molar-refractivity contribution in [2.75, 3.05) is 45.9 Å². The van der Waals surface area contributed by atoms with Crippen LogP contribution in [0.25, 0.3) is 0 Å². The molecule has 6 heteroatoms. The van der Waals surface area contributed by atoms with Crippen molar-refractivity contribution in [1.29, 1.82) is 0 Å². The molecular formula is C20H40N4O2. The number of aliphatic imine (C=N–C) groups is 1. The molecule has 1 aliphatic carbocycles. The first-order valence-electron chi connectivity index (χ1n) is 10.6. The standard InChI is InChI=1S/C20H40N4O2/c1-4-21-19(23-16-20(25)8-6-5-7-9-20)22-15-18(14-17(2)3)24-10-12-26-13-11-24/h17-18,25H,4-16H2,1-3H3,(H2,21,22,23). The molecule has 26 heavy (non-hydrogen) atoms. The highest BCUT2D eigenvalue weighted by atomic mass is 16.5. The number of guanidine groups is 1.